The lowest BCUT2D eigenvalue weighted by molar-refractivity contribution is 0.612. The van der Waals surface area contributed by atoms with Crippen LogP contribution in [0.15, 0.2) is 205 Å². The number of benzene rings is 5. The van der Waals surface area contributed by atoms with Gasteiger partial charge in [-0.15, -0.1) is 0 Å². The van der Waals surface area contributed by atoms with Crippen LogP contribution in [-0.4, -0.2) is 4.98 Å². The minimum atomic E-state index is -0.0766. The fourth-order valence-corrected chi connectivity index (χ4v) is 8.28. The van der Waals surface area contributed by atoms with Crippen molar-refractivity contribution in [3.8, 4) is 0 Å². The number of aromatic nitrogens is 1. The first-order chi connectivity index (χ1) is 30.3. The van der Waals surface area contributed by atoms with Crippen molar-refractivity contribution in [2.75, 3.05) is 9.80 Å². The van der Waals surface area contributed by atoms with Gasteiger partial charge in [0, 0.05) is 33.9 Å². The lowest BCUT2D eigenvalue weighted by atomic mass is 9.74. The van der Waals surface area contributed by atoms with Gasteiger partial charge in [-0.2, -0.15) is 0 Å². The van der Waals surface area contributed by atoms with Crippen LogP contribution < -0.4 is 15.5 Å². The summed E-state index contributed by atoms with van der Waals surface area (Å²) in [5, 5.41) is 2.38. The van der Waals surface area contributed by atoms with Gasteiger partial charge in [-0.3, -0.25) is 9.80 Å². The molecule has 4 heteroatoms. The Morgan fingerprint density at radius 1 is 0.778 bits per heavy atom. The second-order valence-corrected chi connectivity index (χ2v) is 16.7. The molecule has 0 bridgehead atoms. The number of hydrogen-bond acceptors (Lipinski definition) is 4. The van der Waals surface area contributed by atoms with Crippen LogP contribution in [0.25, 0.3) is 16.5 Å². The van der Waals surface area contributed by atoms with Gasteiger partial charge in [0.15, 0.2) is 0 Å². The van der Waals surface area contributed by atoms with Crippen molar-refractivity contribution in [2.24, 2.45) is 11.7 Å². The van der Waals surface area contributed by atoms with Crippen molar-refractivity contribution in [3.63, 3.8) is 0 Å². The third-order valence-electron chi connectivity index (χ3n) is 12.0. The van der Waals surface area contributed by atoms with E-state index >= 15 is 0 Å². The van der Waals surface area contributed by atoms with Gasteiger partial charge in [0.2, 0.25) is 0 Å². The maximum atomic E-state index is 6.43. The molecular weight excluding hydrogens is 765 g/mol. The Hall–Kier alpha value is -6.65. The molecule has 0 saturated heterocycles. The van der Waals surface area contributed by atoms with Crippen molar-refractivity contribution in [3.05, 3.63) is 233 Å². The molecule has 4 nitrogen and oxygen atoms in total. The average Bonchev–Trinajstić information content (AvgIpc) is 3.30. The fourth-order valence-electron chi connectivity index (χ4n) is 8.28. The van der Waals surface area contributed by atoms with E-state index in [9.17, 15) is 0 Å². The number of fused-ring (bicyclic) bond motifs is 2. The smallest absolute Gasteiger partial charge is 0.137 e. The van der Waals surface area contributed by atoms with E-state index in [2.05, 4.69) is 205 Å². The molecule has 0 saturated carbocycles. The lowest BCUT2D eigenvalue weighted by Gasteiger charge is -2.33. The molecule has 0 amide bonds. The molecule has 1 unspecified atom stereocenters. The molecule has 1 aliphatic carbocycles. The van der Waals surface area contributed by atoms with Crippen LogP contribution in [0.4, 0.5) is 17.2 Å². The summed E-state index contributed by atoms with van der Waals surface area (Å²) in [6.45, 7) is 28.5. The Labute approximate surface area is 379 Å². The van der Waals surface area contributed by atoms with Gasteiger partial charge in [-0.1, -0.05) is 174 Å². The molecule has 0 aliphatic heterocycles. The zero-order chi connectivity index (χ0) is 45.7. The van der Waals surface area contributed by atoms with Crippen LogP contribution in [-0.2, 0) is 11.8 Å². The van der Waals surface area contributed by atoms with Crippen molar-refractivity contribution in [1.82, 2.24) is 4.98 Å². The van der Waals surface area contributed by atoms with Crippen molar-refractivity contribution >= 4 is 33.7 Å². The van der Waals surface area contributed by atoms with Crippen LogP contribution in [0.1, 0.15) is 90.1 Å². The zero-order valence-electron chi connectivity index (χ0n) is 39.6. The van der Waals surface area contributed by atoms with Crippen molar-refractivity contribution < 1.29 is 0 Å². The predicted octanol–water partition coefficient (Wildman–Crippen LogP) is 15.9. The van der Waals surface area contributed by atoms with E-state index in [1.807, 2.05) is 57.3 Å². The van der Waals surface area contributed by atoms with Gasteiger partial charge in [0.25, 0.3) is 0 Å². The standard InChI is InChI=1S/C35H40N2.C22H22N2.C2H6/c1-24-21-30-16-10-11-17-31(30)33(22-24)37(34-19-13-14-20-36-34)27(4)23-26(3)28(5)29(6)35(7,8)32-18-12-9-15-25(32)2;1-3-4-12-22(23)24(19-15-13-17(2)14-16-19)21-11-7-9-18-8-5-6-10-20(18)21;1-2/h9-20,22-24H,4,21H2,1-3,5-8H3;3-16H,23H2,1-2H3;1-2H3/b26-23-,29-28+;4-3-,22-12+;. The first-order valence-electron chi connectivity index (χ1n) is 22.4. The molecule has 6 aromatic rings. The minimum Gasteiger partial charge on any atom is -0.385 e. The molecule has 5 aromatic carbocycles. The Kier molecular flexibility index (Phi) is 16.5. The molecule has 2 N–H and O–H groups in total. The van der Waals surface area contributed by atoms with E-state index < -0.39 is 0 Å². The van der Waals surface area contributed by atoms with Crippen LogP contribution >= 0.6 is 0 Å². The summed E-state index contributed by atoms with van der Waals surface area (Å²) in [6.07, 6.45) is 13.3. The summed E-state index contributed by atoms with van der Waals surface area (Å²) < 4.78 is 0. The van der Waals surface area contributed by atoms with E-state index in [0.29, 0.717) is 11.7 Å². The molecule has 0 fully saturated rings. The third-order valence-corrected chi connectivity index (χ3v) is 12.0. The summed E-state index contributed by atoms with van der Waals surface area (Å²) in [4.78, 5) is 9.05. The molecule has 63 heavy (non-hydrogen) atoms. The maximum Gasteiger partial charge on any atom is 0.137 e. The topological polar surface area (TPSA) is 45.4 Å². The molecule has 7 rings (SSSR count). The summed E-state index contributed by atoms with van der Waals surface area (Å²) in [5.74, 6) is 2.01. The minimum absolute atomic E-state index is 0.0766. The third kappa shape index (κ3) is 11.2. The van der Waals surface area contributed by atoms with E-state index in [-0.39, 0.29) is 5.41 Å². The monoisotopic (exact) mass is 833 g/mol. The van der Waals surface area contributed by atoms with Gasteiger partial charge < -0.3 is 5.73 Å². The molecule has 324 valence electrons. The number of aryl methyl sites for hydroxylation is 2. The largest absolute Gasteiger partial charge is 0.385 e. The van der Waals surface area contributed by atoms with Crippen molar-refractivity contribution in [1.29, 1.82) is 0 Å². The molecule has 0 spiro atoms. The number of hydrogen-bond donors (Lipinski definition) is 1. The highest BCUT2D eigenvalue weighted by atomic mass is 15.2. The van der Waals surface area contributed by atoms with Gasteiger partial charge in [-0.25, -0.2) is 4.98 Å². The lowest BCUT2D eigenvalue weighted by Crippen LogP contribution is -2.24. The van der Waals surface area contributed by atoms with Crippen LogP contribution in [0, 0.1) is 19.8 Å². The van der Waals surface area contributed by atoms with Gasteiger partial charge in [-0.05, 0) is 130 Å². The van der Waals surface area contributed by atoms with Gasteiger partial charge >= 0.3 is 0 Å². The predicted molar refractivity (Wildman–Crippen MR) is 275 cm³/mol. The Morgan fingerprint density at radius 2 is 1.43 bits per heavy atom. The highest BCUT2D eigenvalue weighted by Crippen LogP contribution is 2.39. The van der Waals surface area contributed by atoms with Gasteiger partial charge in [0.05, 0.1) is 11.4 Å². The number of nitrogens with two attached hydrogens (primary N) is 1. The molecule has 1 atom stereocenters. The molecule has 1 aliphatic rings. The quantitative estimate of drug-likeness (QED) is 0.132. The summed E-state index contributed by atoms with van der Waals surface area (Å²) >= 11 is 0. The number of anilines is 3. The number of pyridine rings is 1. The first kappa shape index (κ1) is 47.4. The Balaban J connectivity index is 0.000000248. The highest BCUT2D eigenvalue weighted by Gasteiger charge is 2.27. The summed E-state index contributed by atoms with van der Waals surface area (Å²) in [5.41, 5.74) is 21.0. The summed E-state index contributed by atoms with van der Waals surface area (Å²) in [6, 6.07) is 46.6. The maximum absolute atomic E-state index is 6.43. The summed E-state index contributed by atoms with van der Waals surface area (Å²) in [7, 11) is 0. The SMILES string of the molecule is C/C=C\C=C(/N)N(c1ccc(C)cc1)c1cccc2ccccc12.C=C(/C=C(C)\C(C)=C(/C)C(C)(C)c1ccccc1C)N(C1=CC(C)Cc2ccccc21)c1ccccn1.CC. The number of rotatable bonds is 11. The molecular formula is C59H68N4. The van der Waals surface area contributed by atoms with Crippen LogP contribution in [0.2, 0.25) is 0 Å². The average molecular weight is 833 g/mol. The normalized spacial score (nSPS) is 14.3. The van der Waals surface area contributed by atoms with Gasteiger partial charge in [0.1, 0.15) is 11.6 Å². The highest BCUT2D eigenvalue weighted by molar-refractivity contribution is 5.97. The van der Waals surface area contributed by atoms with Crippen molar-refractivity contribution in [2.45, 2.75) is 88.0 Å². The molecule has 0 radical (unpaired) electrons. The first-order valence-corrected chi connectivity index (χ1v) is 22.4. The van der Waals surface area contributed by atoms with Crippen LogP contribution in [0.5, 0.6) is 0 Å². The molecule has 1 heterocycles. The van der Waals surface area contributed by atoms with E-state index in [1.54, 1.807) is 0 Å². The second-order valence-electron chi connectivity index (χ2n) is 16.7. The molecule has 1 aromatic heterocycles. The van der Waals surface area contributed by atoms with E-state index in [0.717, 1.165) is 35.0 Å². The van der Waals surface area contributed by atoms with Crippen LogP contribution in [0.3, 0.4) is 0 Å². The fraction of sp³-hybridized carbons (Fsp3) is 0.237. The number of allylic oxidation sites excluding steroid dienone is 8. The Morgan fingerprint density at radius 3 is 2.13 bits per heavy atom. The van der Waals surface area contributed by atoms with E-state index in [1.165, 1.54) is 55.3 Å². The number of nitrogens with zero attached hydrogens (tertiary/aromatic N) is 3. The second kappa shape index (κ2) is 21.9. The van der Waals surface area contributed by atoms with E-state index in [4.69, 9.17) is 10.7 Å². The zero-order valence-corrected chi connectivity index (χ0v) is 39.6. The Bertz CT molecular complexity index is 2630.